The molecule has 3 N–H and O–H groups in total. The predicted molar refractivity (Wildman–Crippen MR) is 90.7 cm³/mol. The smallest absolute Gasteiger partial charge is 0.315 e. The average Bonchev–Trinajstić information content (AvgIpc) is 2.85. The standard InChI is InChI=1S/C17H21FN4O3/c1-10(7-15-11(2)22-25-12(15)3)20-17(24)19-9-16(23)21-14-6-4-5-13(18)8-14/h4-6,8,10H,7,9H2,1-3H3,(H,21,23)(H2,19,20,24). The number of nitrogens with zero attached hydrogens (tertiary/aromatic N) is 1. The third-order valence-electron chi connectivity index (χ3n) is 3.59. The predicted octanol–water partition coefficient (Wildman–Crippen LogP) is 2.30. The van der Waals surface area contributed by atoms with Crippen molar-refractivity contribution < 1.29 is 18.5 Å². The normalized spacial score (nSPS) is 11.7. The summed E-state index contributed by atoms with van der Waals surface area (Å²) in [6, 6.07) is 4.90. The Hall–Kier alpha value is -2.90. The second kappa shape index (κ2) is 8.27. The minimum absolute atomic E-state index is 0.164. The van der Waals surface area contributed by atoms with Crippen LogP contribution in [-0.2, 0) is 11.2 Å². The molecule has 0 aliphatic carbocycles. The molecule has 8 heteroatoms. The molecular formula is C17H21FN4O3. The lowest BCUT2D eigenvalue weighted by molar-refractivity contribution is -0.115. The molecule has 1 heterocycles. The molecule has 0 saturated carbocycles. The Balaban J connectivity index is 1.75. The quantitative estimate of drug-likeness (QED) is 0.746. The number of aryl methyl sites for hydroxylation is 2. The number of carbonyl (C=O) groups is 2. The minimum Gasteiger partial charge on any atom is -0.361 e. The summed E-state index contributed by atoms with van der Waals surface area (Å²) in [6.07, 6.45) is 0.573. The summed E-state index contributed by atoms with van der Waals surface area (Å²) in [4.78, 5) is 23.6. The number of anilines is 1. The molecule has 0 aliphatic heterocycles. The third kappa shape index (κ3) is 5.59. The topological polar surface area (TPSA) is 96.3 Å². The number of hydrogen-bond acceptors (Lipinski definition) is 4. The number of amides is 3. The molecule has 7 nitrogen and oxygen atoms in total. The highest BCUT2D eigenvalue weighted by molar-refractivity contribution is 5.94. The Labute approximate surface area is 145 Å². The Morgan fingerprint density at radius 2 is 2.08 bits per heavy atom. The first kappa shape index (κ1) is 18.4. The van der Waals surface area contributed by atoms with Crippen LogP contribution in [0, 0.1) is 19.7 Å². The largest absolute Gasteiger partial charge is 0.361 e. The van der Waals surface area contributed by atoms with Crippen molar-refractivity contribution in [3.8, 4) is 0 Å². The fourth-order valence-corrected chi connectivity index (χ4v) is 2.36. The van der Waals surface area contributed by atoms with Crippen molar-refractivity contribution in [2.75, 3.05) is 11.9 Å². The van der Waals surface area contributed by atoms with Gasteiger partial charge in [-0.1, -0.05) is 11.2 Å². The average molecular weight is 348 g/mol. The first-order valence-corrected chi connectivity index (χ1v) is 7.86. The molecule has 25 heavy (non-hydrogen) atoms. The second-order valence-corrected chi connectivity index (χ2v) is 5.79. The highest BCUT2D eigenvalue weighted by Crippen LogP contribution is 2.14. The van der Waals surface area contributed by atoms with Crippen LogP contribution < -0.4 is 16.0 Å². The first-order valence-electron chi connectivity index (χ1n) is 7.86. The molecule has 2 rings (SSSR count). The van der Waals surface area contributed by atoms with Gasteiger partial charge in [0.25, 0.3) is 0 Å². The molecule has 3 amide bonds. The number of urea groups is 1. The van der Waals surface area contributed by atoms with E-state index in [-0.39, 0.29) is 12.6 Å². The summed E-state index contributed by atoms with van der Waals surface area (Å²) in [5.41, 5.74) is 2.08. The summed E-state index contributed by atoms with van der Waals surface area (Å²) >= 11 is 0. The maximum Gasteiger partial charge on any atom is 0.315 e. The lowest BCUT2D eigenvalue weighted by Gasteiger charge is -2.14. The van der Waals surface area contributed by atoms with E-state index in [0.717, 1.165) is 17.0 Å². The van der Waals surface area contributed by atoms with Crippen molar-refractivity contribution in [1.29, 1.82) is 0 Å². The van der Waals surface area contributed by atoms with Gasteiger partial charge in [-0.2, -0.15) is 0 Å². The number of nitrogens with one attached hydrogen (secondary N) is 3. The van der Waals surface area contributed by atoms with Gasteiger partial charge in [0, 0.05) is 17.3 Å². The van der Waals surface area contributed by atoms with E-state index in [1.807, 2.05) is 20.8 Å². The van der Waals surface area contributed by atoms with E-state index < -0.39 is 17.8 Å². The van der Waals surface area contributed by atoms with E-state index in [2.05, 4.69) is 21.1 Å². The zero-order chi connectivity index (χ0) is 18.4. The van der Waals surface area contributed by atoms with Gasteiger partial charge in [-0.3, -0.25) is 4.79 Å². The highest BCUT2D eigenvalue weighted by Gasteiger charge is 2.15. The van der Waals surface area contributed by atoms with Gasteiger partial charge in [0.05, 0.1) is 12.2 Å². The molecule has 1 aromatic heterocycles. The van der Waals surface area contributed by atoms with Crippen LogP contribution in [0.25, 0.3) is 0 Å². The fourth-order valence-electron chi connectivity index (χ4n) is 2.36. The summed E-state index contributed by atoms with van der Waals surface area (Å²) < 4.78 is 18.1. The van der Waals surface area contributed by atoms with Gasteiger partial charge in [0.2, 0.25) is 5.91 Å². The van der Waals surface area contributed by atoms with E-state index in [9.17, 15) is 14.0 Å². The first-order chi connectivity index (χ1) is 11.8. The maximum atomic E-state index is 13.0. The van der Waals surface area contributed by atoms with Crippen LogP contribution in [0.2, 0.25) is 0 Å². The van der Waals surface area contributed by atoms with Crippen molar-refractivity contribution in [2.24, 2.45) is 0 Å². The lowest BCUT2D eigenvalue weighted by Crippen LogP contribution is -2.44. The maximum absolute atomic E-state index is 13.0. The number of rotatable bonds is 6. The minimum atomic E-state index is -0.464. The fraction of sp³-hybridized carbons (Fsp3) is 0.353. The van der Waals surface area contributed by atoms with Crippen molar-refractivity contribution in [3.05, 3.63) is 47.1 Å². The zero-order valence-corrected chi connectivity index (χ0v) is 14.4. The van der Waals surface area contributed by atoms with Crippen LogP contribution in [0.1, 0.15) is 23.9 Å². The van der Waals surface area contributed by atoms with Gasteiger partial charge in [0.15, 0.2) is 0 Å². The zero-order valence-electron chi connectivity index (χ0n) is 14.4. The van der Waals surface area contributed by atoms with Crippen LogP contribution >= 0.6 is 0 Å². The van der Waals surface area contributed by atoms with Gasteiger partial charge in [-0.05, 0) is 45.4 Å². The number of benzene rings is 1. The van der Waals surface area contributed by atoms with E-state index in [1.54, 1.807) is 6.07 Å². The van der Waals surface area contributed by atoms with Crippen molar-refractivity contribution in [3.63, 3.8) is 0 Å². The summed E-state index contributed by atoms with van der Waals surface area (Å²) in [7, 11) is 0. The van der Waals surface area contributed by atoms with Crippen molar-refractivity contribution >= 4 is 17.6 Å². The van der Waals surface area contributed by atoms with E-state index in [4.69, 9.17) is 4.52 Å². The third-order valence-corrected chi connectivity index (χ3v) is 3.59. The Kier molecular flexibility index (Phi) is 6.10. The molecule has 134 valence electrons. The molecule has 0 radical (unpaired) electrons. The number of halogens is 1. The number of aromatic nitrogens is 1. The van der Waals surface area contributed by atoms with Crippen LogP contribution in [0.3, 0.4) is 0 Å². The Morgan fingerprint density at radius 1 is 1.32 bits per heavy atom. The van der Waals surface area contributed by atoms with Crippen LogP contribution in [0.15, 0.2) is 28.8 Å². The molecule has 1 unspecified atom stereocenters. The van der Waals surface area contributed by atoms with E-state index in [1.165, 1.54) is 18.2 Å². The monoisotopic (exact) mass is 348 g/mol. The summed E-state index contributed by atoms with van der Waals surface area (Å²) in [5.74, 6) is -0.170. The molecule has 1 aromatic carbocycles. The molecule has 0 spiro atoms. The van der Waals surface area contributed by atoms with Gasteiger partial charge in [-0.15, -0.1) is 0 Å². The van der Waals surface area contributed by atoms with Gasteiger partial charge in [-0.25, -0.2) is 9.18 Å². The van der Waals surface area contributed by atoms with E-state index in [0.29, 0.717) is 12.1 Å². The molecule has 0 saturated heterocycles. The highest BCUT2D eigenvalue weighted by atomic mass is 19.1. The van der Waals surface area contributed by atoms with E-state index >= 15 is 0 Å². The Bertz CT molecular complexity index is 741. The lowest BCUT2D eigenvalue weighted by atomic mass is 10.1. The van der Waals surface area contributed by atoms with Crippen LogP contribution in [0.4, 0.5) is 14.9 Å². The summed E-state index contributed by atoms with van der Waals surface area (Å²) in [5, 5.41) is 11.6. The van der Waals surface area contributed by atoms with Crippen LogP contribution in [-0.4, -0.2) is 29.7 Å². The van der Waals surface area contributed by atoms with Crippen molar-refractivity contribution in [1.82, 2.24) is 15.8 Å². The second-order valence-electron chi connectivity index (χ2n) is 5.79. The number of carbonyl (C=O) groups excluding carboxylic acids is 2. The number of hydrogen-bond donors (Lipinski definition) is 3. The molecule has 0 fully saturated rings. The van der Waals surface area contributed by atoms with Crippen molar-refractivity contribution in [2.45, 2.75) is 33.2 Å². The van der Waals surface area contributed by atoms with Crippen LogP contribution in [0.5, 0.6) is 0 Å². The Morgan fingerprint density at radius 3 is 2.72 bits per heavy atom. The molecular weight excluding hydrogens is 327 g/mol. The molecule has 2 aromatic rings. The molecule has 0 aliphatic rings. The summed E-state index contributed by atoms with van der Waals surface area (Å²) in [6.45, 7) is 5.28. The SMILES string of the molecule is Cc1noc(C)c1CC(C)NC(=O)NCC(=O)Nc1cccc(F)c1. The molecule has 0 bridgehead atoms. The molecule has 1 atom stereocenters. The van der Waals surface area contributed by atoms with Gasteiger partial charge in [0.1, 0.15) is 11.6 Å². The van der Waals surface area contributed by atoms with Gasteiger partial charge >= 0.3 is 6.03 Å². The van der Waals surface area contributed by atoms with Gasteiger partial charge < -0.3 is 20.5 Å².